The topological polar surface area (TPSA) is 171 Å². The maximum Gasteiger partial charge on any atom is 0.294 e. The van der Waals surface area contributed by atoms with E-state index in [4.69, 9.17) is 20.7 Å². The summed E-state index contributed by atoms with van der Waals surface area (Å²) in [5, 5.41) is 5.46. The van der Waals surface area contributed by atoms with Crippen LogP contribution in [-0.2, 0) is 20.2 Å². The van der Waals surface area contributed by atoms with Gasteiger partial charge >= 0.3 is 0 Å². The number of hydrogen-bond acceptors (Lipinski definition) is 9. The Morgan fingerprint density at radius 3 is 1.31 bits per heavy atom. The van der Waals surface area contributed by atoms with Crippen LogP contribution in [0.5, 0.6) is 0 Å². The van der Waals surface area contributed by atoms with Crippen molar-refractivity contribution in [3.8, 4) is 0 Å². The lowest BCUT2D eigenvalue weighted by molar-refractivity contribution is 0.481. The molecule has 0 fully saturated rings. The molecule has 0 aliphatic heterocycles. The second kappa shape index (κ2) is 7.88. The minimum Gasteiger partial charge on any atom is -0.324 e. The number of nitrogens with one attached hydrogen (secondary N) is 2. The highest BCUT2D eigenvalue weighted by Gasteiger charge is 2.11. The van der Waals surface area contributed by atoms with E-state index in [0.717, 1.165) is 0 Å². The van der Waals surface area contributed by atoms with Crippen molar-refractivity contribution in [3.05, 3.63) is 53.8 Å². The fourth-order valence-corrected chi connectivity index (χ4v) is 3.26. The third-order valence-corrected chi connectivity index (χ3v) is 5.33. The maximum atomic E-state index is 11.1. The van der Waals surface area contributed by atoms with Gasteiger partial charge in [-0.15, -0.1) is 0 Å². The van der Waals surface area contributed by atoms with E-state index in [0.29, 0.717) is 11.4 Å². The lowest BCUT2D eigenvalue weighted by Crippen LogP contribution is -2.04. The van der Waals surface area contributed by atoms with Crippen molar-refractivity contribution in [2.75, 3.05) is 10.6 Å². The monoisotopic (exact) mass is 457 g/mol. The van der Waals surface area contributed by atoms with Crippen molar-refractivity contribution >= 4 is 55.1 Å². The third kappa shape index (κ3) is 5.58. The summed E-state index contributed by atoms with van der Waals surface area (Å²) < 4.78 is 62.3. The SMILES string of the molecule is O=S(=O)(O)c1ccc(Nc2nc(Cl)nc(Nc3ccc(S(=O)(=O)O)cc3)n2)cc1. The molecule has 0 saturated heterocycles. The molecule has 0 bridgehead atoms. The molecule has 4 N–H and O–H groups in total. The Kier molecular flexibility index (Phi) is 5.68. The minimum absolute atomic E-state index is 0.0432. The molecule has 1 heterocycles. The van der Waals surface area contributed by atoms with Crippen LogP contribution < -0.4 is 10.6 Å². The van der Waals surface area contributed by atoms with Crippen molar-refractivity contribution in [1.82, 2.24) is 15.0 Å². The van der Waals surface area contributed by atoms with Gasteiger partial charge in [-0.2, -0.15) is 31.8 Å². The van der Waals surface area contributed by atoms with E-state index >= 15 is 0 Å². The van der Waals surface area contributed by atoms with Gasteiger partial charge in [-0.1, -0.05) is 0 Å². The highest BCUT2D eigenvalue weighted by molar-refractivity contribution is 7.86. The molecule has 152 valence electrons. The van der Waals surface area contributed by atoms with E-state index in [9.17, 15) is 16.8 Å². The Morgan fingerprint density at radius 2 is 1.00 bits per heavy atom. The number of halogens is 1. The van der Waals surface area contributed by atoms with Crippen LogP contribution in [0.15, 0.2) is 58.3 Å². The van der Waals surface area contributed by atoms with Crippen LogP contribution in [0.4, 0.5) is 23.3 Å². The van der Waals surface area contributed by atoms with E-state index in [1.165, 1.54) is 48.5 Å². The smallest absolute Gasteiger partial charge is 0.294 e. The van der Waals surface area contributed by atoms with Gasteiger partial charge < -0.3 is 10.6 Å². The average Bonchev–Trinajstić information content (AvgIpc) is 2.60. The molecule has 0 radical (unpaired) electrons. The summed E-state index contributed by atoms with van der Waals surface area (Å²) in [4.78, 5) is 11.4. The quantitative estimate of drug-likeness (QED) is 0.400. The van der Waals surface area contributed by atoms with Gasteiger partial charge in [-0.3, -0.25) is 9.11 Å². The molecule has 3 aromatic rings. The first-order chi connectivity index (χ1) is 13.5. The molecule has 3 rings (SSSR count). The van der Waals surface area contributed by atoms with E-state index < -0.39 is 20.2 Å². The molecule has 29 heavy (non-hydrogen) atoms. The number of rotatable bonds is 6. The maximum absolute atomic E-state index is 11.1. The van der Waals surface area contributed by atoms with Crippen LogP contribution in [0, 0.1) is 0 Å². The van der Waals surface area contributed by atoms with Gasteiger partial charge in [0.05, 0.1) is 9.79 Å². The molecule has 2 aromatic carbocycles. The highest BCUT2D eigenvalue weighted by atomic mass is 35.5. The minimum atomic E-state index is -4.31. The molecular formula is C15H12ClN5O6S2. The van der Waals surface area contributed by atoms with Gasteiger partial charge in [-0.05, 0) is 60.1 Å². The number of benzene rings is 2. The lowest BCUT2D eigenvalue weighted by Gasteiger charge is -2.09. The van der Waals surface area contributed by atoms with Crippen LogP contribution in [-0.4, -0.2) is 40.9 Å². The Balaban J connectivity index is 1.79. The van der Waals surface area contributed by atoms with Crippen LogP contribution >= 0.6 is 11.6 Å². The largest absolute Gasteiger partial charge is 0.324 e. The lowest BCUT2D eigenvalue weighted by atomic mass is 10.3. The van der Waals surface area contributed by atoms with E-state index in [2.05, 4.69) is 25.6 Å². The standard InChI is InChI=1S/C15H12ClN5O6S2/c16-13-19-14(17-9-1-5-11(6-2-9)28(22,23)24)21-15(20-13)18-10-3-7-12(8-4-10)29(25,26)27/h1-8H,(H,22,23,24)(H,25,26,27)(H2,17,18,19,20,21). The summed E-state index contributed by atoms with van der Waals surface area (Å²) >= 11 is 5.89. The van der Waals surface area contributed by atoms with E-state index in [-0.39, 0.29) is 27.0 Å². The van der Waals surface area contributed by atoms with Gasteiger partial charge in [0.1, 0.15) is 0 Å². The summed E-state index contributed by atoms with van der Waals surface area (Å²) in [6, 6.07) is 10.3. The third-order valence-electron chi connectivity index (χ3n) is 3.42. The fraction of sp³-hybridized carbons (Fsp3) is 0. The number of hydrogen-bond donors (Lipinski definition) is 4. The van der Waals surface area contributed by atoms with Crippen molar-refractivity contribution < 1.29 is 25.9 Å². The molecule has 0 atom stereocenters. The fourth-order valence-electron chi connectivity index (χ4n) is 2.14. The van der Waals surface area contributed by atoms with E-state index in [1.54, 1.807) is 0 Å². The molecule has 1 aromatic heterocycles. The number of anilines is 4. The van der Waals surface area contributed by atoms with Crippen molar-refractivity contribution in [1.29, 1.82) is 0 Å². The van der Waals surface area contributed by atoms with Crippen LogP contribution in [0.25, 0.3) is 0 Å². The Morgan fingerprint density at radius 1 is 0.655 bits per heavy atom. The van der Waals surface area contributed by atoms with Crippen molar-refractivity contribution in [2.24, 2.45) is 0 Å². The molecule has 0 spiro atoms. The summed E-state index contributed by atoms with van der Waals surface area (Å²) in [5.41, 5.74) is 0.839. The summed E-state index contributed by atoms with van der Waals surface area (Å²) in [6.07, 6.45) is 0. The van der Waals surface area contributed by atoms with Gasteiger partial charge in [0, 0.05) is 11.4 Å². The predicted molar refractivity (Wildman–Crippen MR) is 104 cm³/mol. The molecule has 14 heteroatoms. The molecule has 0 unspecified atom stereocenters. The average molecular weight is 458 g/mol. The zero-order chi connectivity index (χ0) is 21.2. The summed E-state index contributed by atoms with van der Waals surface area (Å²) in [5.74, 6) is 0.0864. The predicted octanol–water partition coefficient (Wildman–Crippen LogP) is 2.51. The zero-order valence-electron chi connectivity index (χ0n) is 14.2. The molecule has 0 aliphatic rings. The normalized spacial score (nSPS) is 11.8. The first-order valence-corrected chi connectivity index (χ1v) is 10.9. The molecular weight excluding hydrogens is 446 g/mol. The Bertz CT molecular complexity index is 1150. The molecule has 0 aliphatic carbocycles. The zero-order valence-corrected chi connectivity index (χ0v) is 16.6. The van der Waals surface area contributed by atoms with E-state index in [1.807, 2.05) is 0 Å². The Hall–Kier alpha value is -2.84. The molecule has 0 amide bonds. The number of nitrogens with zero attached hydrogens (tertiary/aromatic N) is 3. The number of aromatic nitrogens is 3. The van der Waals surface area contributed by atoms with Crippen LogP contribution in [0.2, 0.25) is 5.28 Å². The van der Waals surface area contributed by atoms with Gasteiger partial charge in [0.25, 0.3) is 20.2 Å². The summed E-state index contributed by atoms with van der Waals surface area (Å²) in [6.45, 7) is 0. The van der Waals surface area contributed by atoms with Gasteiger partial charge in [0.2, 0.25) is 17.2 Å². The Labute approximate surface area is 170 Å². The van der Waals surface area contributed by atoms with Gasteiger partial charge in [0.15, 0.2) is 0 Å². The van der Waals surface area contributed by atoms with Crippen molar-refractivity contribution in [2.45, 2.75) is 9.79 Å². The highest BCUT2D eigenvalue weighted by Crippen LogP contribution is 2.21. The summed E-state index contributed by atoms with van der Waals surface area (Å²) in [7, 11) is -8.61. The second-order valence-electron chi connectivity index (χ2n) is 5.50. The van der Waals surface area contributed by atoms with Crippen LogP contribution in [0.1, 0.15) is 0 Å². The van der Waals surface area contributed by atoms with Crippen LogP contribution in [0.3, 0.4) is 0 Å². The molecule has 0 saturated carbocycles. The van der Waals surface area contributed by atoms with Gasteiger partial charge in [-0.25, -0.2) is 0 Å². The first-order valence-electron chi connectivity index (χ1n) is 7.61. The molecule has 11 nitrogen and oxygen atoms in total. The van der Waals surface area contributed by atoms with Crippen molar-refractivity contribution in [3.63, 3.8) is 0 Å². The first kappa shape index (κ1) is 20.9. The second-order valence-corrected chi connectivity index (χ2v) is 8.68.